The van der Waals surface area contributed by atoms with Gasteiger partial charge in [0, 0.05) is 6.04 Å². The van der Waals surface area contributed by atoms with Crippen molar-refractivity contribution >= 4 is 29.1 Å². The molecule has 0 radical (unpaired) electrons. The number of ether oxygens (including phenoxy) is 1. The normalized spacial score (nSPS) is 12.1. The van der Waals surface area contributed by atoms with Crippen LogP contribution in [0.2, 0.25) is 10.0 Å². The van der Waals surface area contributed by atoms with Crippen LogP contribution in [0, 0.1) is 0 Å². The number of amides is 1. The van der Waals surface area contributed by atoms with Crippen LogP contribution in [-0.2, 0) is 0 Å². The van der Waals surface area contributed by atoms with Crippen molar-refractivity contribution in [2.45, 2.75) is 26.3 Å². The number of nitrogens with one attached hydrogen (secondary N) is 1. The molecule has 1 aromatic carbocycles. The number of hydrogen-bond acceptors (Lipinski definition) is 2. The summed E-state index contributed by atoms with van der Waals surface area (Å²) in [6.45, 7) is 3.91. The Morgan fingerprint density at radius 3 is 2.53 bits per heavy atom. The van der Waals surface area contributed by atoms with Crippen LogP contribution in [-0.4, -0.2) is 19.1 Å². The Balaban J connectivity index is 3.11. The lowest BCUT2D eigenvalue weighted by molar-refractivity contribution is 0.0936. The molecule has 0 heterocycles. The lowest BCUT2D eigenvalue weighted by atomic mass is 10.1. The van der Waals surface area contributed by atoms with Gasteiger partial charge in [0.15, 0.2) is 5.75 Å². The van der Waals surface area contributed by atoms with E-state index in [2.05, 4.69) is 5.32 Å². The fraction of sp³-hybridized carbons (Fsp3) is 0.417. The molecule has 0 bridgehead atoms. The van der Waals surface area contributed by atoms with Gasteiger partial charge in [-0.25, -0.2) is 0 Å². The molecule has 1 amide bonds. The number of carbonyl (C=O) groups excluding carboxylic acids is 1. The maximum absolute atomic E-state index is 12.0. The Kier molecular flexibility index (Phi) is 5.09. The first-order chi connectivity index (χ1) is 8.01. The van der Waals surface area contributed by atoms with E-state index >= 15 is 0 Å². The first kappa shape index (κ1) is 14.1. The zero-order valence-corrected chi connectivity index (χ0v) is 11.5. The topological polar surface area (TPSA) is 38.3 Å². The molecule has 0 aliphatic carbocycles. The summed E-state index contributed by atoms with van der Waals surface area (Å²) < 4.78 is 5.12. The van der Waals surface area contributed by atoms with Crippen LogP contribution in [0.15, 0.2) is 12.1 Å². The molecule has 1 rings (SSSR count). The van der Waals surface area contributed by atoms with Gasteiger partial charge in [0.25, 0.3) is 5.91 Å². The second-order valence-corrected chi connectivity index (χ2v) is 4.53. The molecule has 0 aromatic heterocycles. The molecule has 0 aliphatic heterocycles. The third-order valence-corrected chi connectivity index (χ3v) is 3.09. The van der Waals surface area contributed by atoms with Crippen LogP contribution in [0.4, 0.5) is 0 Å². The van der Waals surface area contributed by atoms with Gasteiger partial charge in [-0.3, -0.25) is 4.79 Å². The van der Waals surface area contributed by atoms with Gasteiger partial charge in [-0.05, 0) is 25.5 Å². The molecule has 0 fully saturated rings. The molecule has 3 nitrogen and oxygen atoms in total. The second-order valence-electron chi connectivity index (χ2n) is 3.72. The Bertz CT molecular complexity index is 421. The summed E-state index contributed by atoms with van der Waals surface area (Å²) in [5, 5.41) is 3.52. The fourth-order valence-corrected chi connectivity index (χ4v) is 1.81. The van der Waals surface area contributed by atoms with E-state index in [0.717, 1.165) is 6.42 Å². The summed E-state index contributed by atoms with van der Waals surface area (Å²) >= 11 is 12.0. The first-order valence-corrected chi connectivity index (χ1v) is 6.09. The number of benzene rings is 1. The number of methoxy groups -OCH3 is 1. The number of carbonyl (C=O) groups is 1. The maximum atomic E-state index is 12.0. The summed E-state index contributed by atoms with van der Waals surface area (Å²) in [7, 11) is 1.46. The van der Waals surface area contributed by atoms with Crippen LogP contribution in [0.25, 0.3) is 0 Å². The van der Waals surface area contributed by atoms with E-state index in [1.807, 2.05) is 13.8 Å². The zero-order chi connectivity index (χ0) is 13.0. The van der Waals surface area contributed by atoms with Gasteiger partial charge in [0.2, 0.25) is 0 Å². The first-order valence-electron chi connectivity index (χ1n) is 5.34. The van der Waals surface area contributed by atoms with E-state index < -0.39 is 0 Å². The van der Waals surface area contributed by atoms with Gasteiger partial charge in [0.1, 0.15) is 5.56 Å². The minimum absolute atomic E-state index is 0.0715. The highest BCUT2D eigenvalue weighted by Gasteiger charge is 2.20. The quantitative estimate of drug-likeness (QED) is 0.913. The molecule has 0 aliphatic rings. The molecular weight excluding hydrogens is 261 g/mol. The van der Waals surface area contributed by atoms with Crippen LogP contribution in [0.1, 0.15) is 30.6 Å². The molecule has 1 N–H and O–H groups in total. The highest BCUT2D eigenvalue weighted by Crippen LogP contribution is 2.33. The lowest BCUT2D eigenvalue weighted by Crippen LogP contribution is -2.32. The lowest BCUT2D eigenvalue weighted by Gasteiger charge is -2.15. The van der Waals surface area contributed by atoms with Crippen LogP contribution in [0.3, 0.4) is 0 Å². The third-order valence-electron chi connectivity index (χ3n) is 2.48. The van der Waals surface area contributed by atoms with Crippen molar-refractivity contribution in [1.29, 1.82) is 0 Å². The Morgan fingerprint density at radius 2 is 2.00 bits per heavy atom. The average Bonchev–Trinajstić information content (AvgIpc) is 2.31. The summed E-state index contributed by atoms with van der Waals surface area (Å²) in [6.07, 6.45) is 0.840. The van der Waals surface area contributed by atoms with Crippen molar-refractivity contribution in [3.63, 3.8) is 0 Å². The number of rotatable bonds is 4. The molecule has 0 saturated carbocycles. The predicted molar refractivity (Wildman–Crippen MR) is 70.2 cm³/mol. The van der Waals surface area contributed by atoms with Gasteiger partial charge in [0.05, 0.1) is 17.2 Å². The van der Waals surface area contributed by atoms with Crippen molar-refractivity contribution in [3.05, 3.63) is 27.7 Å². The summed E-state index contributed by atoms with van der Waals surface area (Å²) in [6, 6.07) is 3.25. The van der Waals surface area contributed by atoms with Gasteiger partial charge in [-0.15, -0.1) is 0 Å². The van der Waals surface area contributed by atoms with Crippen molar-refractivity contribution < 1.29 is 9.53 Å². The van der Waals surface area contributed by atoms with E-state index in [1.54, 1.807) is 12.1 Å². The highest BCUT2D eigenvalue weighted by molar-refractivity contribution is 6.37. The van der Waals surface area contributed by atoms with E-state index in [1.165, 1.54) is 7.11 Å². The molecule has 5 heteroatoms. The highest BCUT2D eigenvalue weighted by atomic mass is 35.5. The Hall–Kier alpha value is -0.930. The average molecular weight is 276 g/mol. The van der Waals surface area contributed by atoms with Crippen LogP contribution >= 0.6 is 23.2 Å². The van der Waals surface area contributed by atoms with Crippen molar-refractivity contribution in [2.75, 3.05) is 7.11 Å². The Labute approximate surface area is 111 Å². The molecule has 0 saturated heterocycles. The fourth-order valence-electron chi connectivity index (χ4n) is 1.34. The molecule has 1 atom stereocenters. The van der Waals surface area contributed by atoms with E-state index in [0.29, 0.717) is 15.8 Å². The minimum atomic E-state index is -0.274. The van der Waals surface area contributed by atoms with Crippen molar-refractivity contribution in [1.82, 2.24) is 5.32 Å². The second kappa shape index (κ2) is 6.12. The third kappa shape index (κ3) is 3.27. The largest absolute Gasteiger partial charge is 0.494 e. The van der Waals surface area contributed by atoms with Crippen molar-refractivity contribution in [2.24, 2.45) is 0 Å². The molecule has 17 heavy (non-hydrogen) atoms. The summed E-state index contributed by atoms with van der Waals surface area (Å²) in [5.74, 6) is 0.0312. The standard InChI is InChI=1S/C12H15Cl2NO2/c1-4-7(2)15-12(16)10-8(13)5-6-9(14)11(10)17-3/h5-7H,4H2,1-3H3,(H,15,16)/t7-/m0/s1. The Morgan fingerprint density at radius 1 is 1.41 bits per heavy atom. The van der Waals surface area contributed by atoms with Gasteiger partial charge >= 0.3 is 0 Å². The summed E-state index contributed by atoms with van der Waals surface area (Å²) in [5.41, 5.74) is 0.280. The molecule has 0 spiro atoms. The van der Waals surface area contributed by atoms with Crippen LogP contribution < -0.4 is 10.1 Å². The SMILES string of the molecule is CC[C@H](C)NC(=O)c1c(Cl)ccc(Cl)c1OC. The van der Waals surface area contributed by atoms with Crippen molar-refractivity contribution in [3.8, 4) is 5.75 Å². The molecule has 1 aromatic rings. The number of hydrogen-bond donors (Lipinski definition) is 1. The molecular formula is C12H15Cl2NO2. The van der Waals surface area contributed by atoms with Gasteiger partial charge in [-0.2, -0.15) is 0 Å². The van der Waals surface area contributed by atoms with Gasteiger partial charge in [-0.1, -0.05) is 30.1 Å². The van der Waals surface area contributed by atoms with Gasteiger partial charge < -0.3 is 10.1 Å². The van der Waals surface area contributed by atoms with E-state index in [4.69, 9.17) is 27.9 Å². The van der Waals surface area contributed by atoms with E-state index in [9.17, 15) is 4.79 Å². The van der Waals surface area contributed by atoms with E-state index in [-0.39, 0.29) is 17.5 Å². The molecule has 0 unspecified atom stereocenters. The minimum Gasteiger partial charge on any atom is -0.494 e. The molecule has 94 valence electrons. The van der Waals surface area contributed by atoms with Crippen LogP contribution in [0.5, 0.6) is 5.75 Å². The maximum Gasteiger partial charge on any atom is 0.256 e. The zero-order valence-electron chi connectivity index (χ0n) is 10.0. The smallest absolute Gasteiger partial charge is 0.256 e. The predicted octanol–water partition coefficient (Wildman–Crippen LogP) is 3.53. The summed E-state index contributed by atoms with van der Waals surface area (Å²) in [4.78, 5) is 12.0. The number of halogens is 2. The monoisotopic (exact) mass is 275 g/mol.